The molecule has 0 saturated carbocycles. The lowest BCUT2D eigenvalue weighted by Gasteiger charge is -2.23. The Kier molecular flexibility index (Phi) is 4.95. The van der Waals surface area contributed by atoms with Crippen molar-refractivity contribution in [1.82, 2.24) is 0 Å². The van der Waals surface area contributed by atoms with Gasteiger partial charge in [-0.15, -0.1) is 0 Å². The van der Waals surface area contributed by atoms with Crippen LogP contribution in [0.5, 0.6) is 0 Å². The van der Waals surface area contributed by atoms with E-state index in [0.29, 0.717) is 0 Å². The normalized spacial score (nSPS) is 17.6. The van der Waals surface area contributed by atoms with Gasteiger partial charge in [0, 0.05) is 0 Å². The minimum Gasteiger partial charge on any atom is -0.468 e. The molecule has 78 valence electrons. The monoisotopic (exact) mass is 189 g/mol. The number of ether oxygens (including phenoxy) is 2. The predicted molar refractivity (Wildman–Crippen MR) is 50.3 cm³/mol. The van der Waals surface area contributed by atoms with Gasteiger partial charge in [0.1, 0.15) is 5.54 Å². The molecule has 0 aromatic rings. The van der Waals surface area contributed by atoms with Crippen LogP contribution in [0.1, 0.15) is 27.2 Å². The van der Waals surface area contributed by atoms with Gasteiger partial charge in [-0.1, -0.05) is 6.92 Å². The third kappa shape index (κ3) is 4.24. The van der Waals surface area contributed by atoms with E-state index in [1.807, 2.05) is 13.8 Å². The lowest BCUT2D eigenvalue weighted by atomic mass is 10.1. The number of esters is 1. The number of carbonyl (C=O) groups excluding carboxylic acids is 1. The SMILES string of the molecule is CCC(C)OCC(C)(N)C(=O)OC. The van der Waals surface area contributed by atoms with E-state index >= 15 is 0 Å². The molecule has 0 aliphatic rings. The number of nitrogens with two attached hydrogens (primary N) is 1. The highest BCUT2D eigenvalue weighted by molar-refractivity contribution is 5.80. The number of rotatable bonds is 5. The highest BCUT2D eigenvalue weighted by Crippen LogP contribution is 2.06. The first-order chi connectivity index (χ1) is 5.94. The van der Waals surface area contributed by atoms with Crippen LogP contribution in [-0.4, -0.2) is 31.3 Å². The summed E-state index contributed by atoms with van der Waals surface area (Å²) in [5.74, 6) is -0.448. The van der Waals surface area contributed by atoms with Crippen LogP contribution in [-0.2, 0) is 14.3 Å². The molecule has 4 nitrogen and oxygen atoms in total. The maximum Gasteiger partial charge on any atom is 0.327 e. The van der Waals surface area contributed by atoms with Crippen molar-refractivity contribution in [1.29, 1.82) is 0 Å². The number of carbonyl (C=O) groups is 1. The van der Waals surface area contributed by atoms with Crippen LogP contribution < -0.4 is 5.73 Å². The first-order valence-electron chi connectivity index (χ1n) is 4.43. The Morgan fingerprint density at radius 3 is 2.54 bits per heavy atom. The number of methoxy groups -OCH3 is 1. The predicted octanol–water partition coefficient (Wildman–Crippen LogP) is 0.692. The van der Waals surface area contributed by atoms with Gasteiger partial charge in [0.25, 0.3) is 0 Å². The average molecular weight is 189 g/mol. The van der Waals surface area contributed by atoms with E-state index < -0.39 is 11.5 Å². The molecule has 0 saturated heterocycles. The zero-order chi connectivity index (χ0) is 10.5. The maximum atomic E-state index is 11.1. The van der Waals surface area contributed by atoms with Crippen molar-refractivity contribution >= 4 is 5.97 Å². The molecule has 0 aromatic heterocycles. The van der Waals surface area contributed by atoms with Gasteiger partial charge in [-0.05, 0) is 20.3 Å². The van der Waals surface area contributed by atoms with Crippen molar-refractivity contribution in [3.8, 4) is 0 Å². The molecule has 0 bridgehead atoms. The molecular weight excluding hydrogens is 170 g/mol. The molecule has 0 aliphatic heterocycles. The second kappa shape index (κ2) is 5.19. The van der Waals surface area contributed by atoms with Gasteiger partial charge < -0.3 is 15.2 Å². The van der Waals surface area contributed by atoms with Gasteiger partial charge in [-0.2, -0.15) is 0 Å². The van der Waals surface area contributed by atoms with Crippen molar-refractivity contribution < 1.29 is 14.3 Å². The fourth-order valence-electron chi connectivity index (χ4n) is 0.725. The fourth-order valence-corrected chi connectivity index (χ4v) is 0.725. The van der Waals surface area contributed by atoms with E-state index in [4.69, 9.17) is 10.5 Å². The van der Waals surface area contributed by atoms with Crippen LogP contribution in [0.3, 0.4) is 0 Å². The van der Waals surface area contributed by atoms with E-state index in [9.17, 15) is 4.79 Å². The van der Waals surface area contributed by atoms with E-state index in [0.717, 1.165) is 6.42 Å². The number of hydrogen-bond acceptors (Lipinski definition) is 4. The minimum absolute atomic E-state index is 0.118. The van der Waals surface area contributed by atoms with Crippen molar-refractivity contribution in [3.63, 3.8) is 0 Å². The van der Waals surface area contributed by atoms with Crippen molar-refractivity contribution in [3.05, 3.63) is 0 Å². The van der Waals surface area contributed by atoms with Gasteiger partial charge in [0.05, 0.1) is 19.8 Å². The summed E-state index contributed by atoms with van der Waals surface area (Å²) >= 11 is 0. The molecule has 0 rings (SSSR count). The van der Waals surface area contributed by atoms with Crippen LogP contribution in [0.25, 0.3) is 0 Å². The molecule has 0 aromatic carbocycles. The van der Waals surface area contributed by atoms with Gasteiger partial charge in [0.2, 0.25) is 0 Å². The van der Waals surface area contributed by atoms with Crippen LogP contribution in [0.15, 0.2) is 0 Å². The smallest absolute Gasteiger partial charge is 0.327 e. The molecule has 0 amide bonds. The van der Waals surface area contributed by atoms with Crippen LogP contribution in [0.2, 0.25) is 0 Å². The maximum absolute atomic E-state index is 11.1. The van der Waals surface area contributed by atoms with Gasteiger partial charge in [-0.25, -0.2) is 4.79 Å². The summed E-state index contributed by atoms with van der Waals surface area (Å²) in [7, 11) is 1.32. The van der Waals surface area contributed by atoms with Crippen LogP contribution >= 0.6 is 0 Å². The Morgan fingerprint density at radius 1 is 1.62 bits per heavy atom. The Morgan fingerprint density at radius 2 is 2.15 bits per heavy atom. The molecule has 0 aliphatic carbocycles. The van der Waals surface area contributed by atoms with Gasteiger partial charge in [0.15, 0.2) is 0 Å². The van der Waals surface area contributed by atoms with Gasteiger partial charge in [-0.3, -0.25) is 0 Å². The topological polar surface area (TPSA) is 61.5 Å². The zero-order valence-corrected chi connectivity index (χ0v) is 8.79. The second-order valence-corrected chi connectivity index (χ2v) is 3.44. The Bertz CT molecular complexity index is 168. The first-order valence-corrected chi connectivity index (χ1v) is 4.43. The third-order valence-corrected chi connectivity index (χ3v) is 1.89. The Labute approximate surface area is 79.4 Å². The highest BCUT2D eigenvalue weighted by Gasteiger charge is 2.30. The molecule has 0 fully saturated rings. The lowest BCUT2D eigenvalue weighted by molar-refractivity contribution is -0.149. The van der Waals surface area contributed by atoms with Crippen molar-refractivity contribution in [2.45, 2.75) is 38.8 Å². The standard InChI is InChI=1S/C9H19NO3/c1-5-7(2)13-6-9(3,10)8(11)12-4/h7H,5-6,10H2,1-4H3. The Balaban J connectivity index is 3.95. The molecular formula is C9H19NO3. The van der Waals surface area contributed by atoms with E-state index in [-0.39, 0.29) is 12.7 Å². The quantitative estimate of drug-likeness (QED) is 0.646. The molecule has 2 N–H and O–H groups in total. The number of hydrogen-bond donors (Lipinski definition) is 1. The Hall–Kier alpha value is -0.610. The van der Waals surface area contributed by atoms with E-state index in [1.54, 1.807) is 6.92 Å². The molecule has 0 heterocycles. The fraction of sp³-hybridized carbons (Fsp3) is 0.889. The molecule has 0 spiro atoms. The van der Waals surface area contributed by atoms with Crippen molar-refractivity contribution in [2.24, 2.45) is 5.73 Å². The summed E-state index contributed by atoms with van der Waals surface area (Å²) < 4.78 is 9.89. The molecule has 0 radical (unpaired) electrons. The largest absolute Gasteiger partial charge is 0.468 e. The summed E-state index contributed by atoms with van der Waals surface area (Å²) in [5, 5.41) is 0. The molecule has 2 unspecified atom stereocenters. The first kappa shape index (κ1) is 12.4. The summed E-state index contributed by atoms with van der Waals surface area (Å²) in [6.45, 7) is 5.74. The molecule has 4 heteroatoms. The zero-order valence-electron chi connectivity index (χ0n) is 8.79. The highest BCUT2D eigenvalue weighted by atomic mass is 16.5. The third-order valence-electron chi connectivity index (χ3n) is 1.89. The lowest BCUT2D eigenvalue weighted by Crippen LogP contribution is -2.50. The van der Waals surface area contributed by atoms with Gasteiger partial charge >= 0.3 is 5.97 Å². The van der Waals surface area contributed by atoms with Crippen molar-refractivity contribution in [2.75, 3.05) is 13.7 Å². The average Bonchev–Trinajstić information content (AvgIpc) is 2.12. The summed E-state index contributed by atoms with van der Waals surface area (Å²) in [6.07, 6.45) is 1.02. The summed E-state index contributed by atoms with van der Waals surface area (Å²) in [4.78, 5) is 11.1. The van der Waals surface area contributed by atoms with Crippen LogP contribution in [0, 0.1) is 0 Å². The van der Waals surface area contributed by atoms with Crippen LogP contribution in [0.4, 0.5) is 0 Å². The second-order valence-electron chi connectivity index (χ2n) is 3.44. The van der Waals surface area contributed by atoms with E-state index in [2.05, 4.69) is 4.74 Å². The summed E-state index contributed by atoms with van der Waals surface area (Å²) in [5.41, 5.74) is 4.63. The molecule has 13 heavy (non-hydrogen) atoms. The summed E-state index contributed by atoms with van der Waals surface area (Å²) in [6, 6.07) is 0. The van der Waals surface area contributed by atoms with E-state index in [1.165, 1.54) is 7.11 Å². The minimum atomic E-state index is -1.04. The molecule has 2 atom stereocenters.